The number of anilines is 1. The van der Waals surface area contributed by atoms with Crippen LogP contribution in [-0.4, -0.2) is 14.7 Å². The lowest BCUT2D eigenvalue weighted by Crippen LogP contribution is -2.07. The van der Waals surface area contributed by atoms with Crippen molar-refractivity contribution in [2.24, 2.45) is 0 Å². The van der Waals surface area contributed by atoms with Crippen LogP contribution in [0.25, 0.3) is 21.8 Å². The summed E-state index contributed by atoms with van der Waals surface area (Å²) in [5.74, 6) is 1.36. The first-order chi connectivity index (χ1) is 12.2. The van der Waals surface area contributed by atoms with Crippen molar-refractivity contribution in [2.45, 2.75) is 39.8 Å². The van der Waals surface area contributed by atoms with E-state index >= 15 is 0 Å². The topological polar surface area (TPSA) is 55.9 Å². The van der Waals surface area contributed by atoms with Crippen molar-refractivity contribution < 1.29 is 4.52 Å². The van der Waals surface area contributed by atoms with E-state index in [0.717, 1.165) is 24.5 Å². The fraction of sp³-hybridized carbons (Fsp3) is 0.300. The first kappa shape index (κ1) is 15.7. The normalized spacial score (nSPS) is 12.8. The molecule has 0 saturated carbocycles. The Kier molecular flexibility index (Phi) is 3.92. The van der Waals surface area contributed by atoms with Gasteiger partial charge in [0.15, 0.2) is 5.82 Å². The van der Waals surface area contributed by atoms with Gasteiger partial charge in [-0.05, 0) is 38.1 Å². The molecule has 1 N–H and O–H groups in total. The van der Waals surface area contributed by atoms with Crippen LogP contribution in [0.2, 0.25) is 0 Å². The monoisotopic (exact) mass is 334 g/mol. The summed E-state index contributed by atoms with van der Waals surface area (Å²) in [6.07, 6.45) is 0.776. The van der Waals surface area contributed by atoms with E-state index < -0.39 is 0 Å². The van der Waals surface area contributed by atoms with Crippen molar-refractivity contribution in [3.8, 4) is 0 Å². The third-order valence-corrected chi connectivity index (χ3v) is 4.64. The lowest BCUT2D eigenvalue weighted by Gasteiger charge is -2.11. The number of nitrogens with zero attached hydrogens (tertiary/aromatic N) is 3. The molecule has 0 saturated heterocycles. The summed E-state index contributed by atoms with van der Waals surface area (Å²) in [5, 5.41) is 9.99. The van der Waals surface area contributed by atoms with Crippen LogP contribution in [0.1, 0.15) is 38.5 Å². The van der Waals surface area contributed by atoms with Crippen molar-refractivity contribution in [2.75, 3.05) is 5.32 Å². The Bertz CT molecular complexity index is 1030. The minimum atomic E-state index is -0.0372. The van der Waals surface area contributed by atoms with Crippen LogP contribution in [0.4, 0.5) is 5.69 Å². The van der Waals surface area contributed by atoms with E-state index in [1.807, 2.05) is 13.8 Å². The van der Waals surface area contributed by atoms with Gasteiger partial charge in [-0.25, -0.2) is 0 Å². The Morgan fingerprint density at radius 2 is 1.88 bits per heavy atom. The summed E-state index contributed by atoms with van der Waals surface area (Å²) in [4.78, 5) is 4.41. The molecule has 5 heteroatoms. The van der Waals surface area contributed by atoms with E-state index in [1.165, 1.54) is 21.8 Å². The Morgan fingerprint density at radius 3 is 2.64 bits per heavy atom. The van der Waals surface area contributed by atoms with Gasteiger partial charge >= 0.3 is 0 Å². The van der Waals surface area contributed by atoms with Gasteiger partial charge in [-0.2, -0.15) is 4.98 Å². The van der Waals surface area contributed by atoms with Crippen molar-refractivity contribution in [1.29, 1.82) is 0 Å². The summed E-state index contributed by atoms with van der Waals surface area (Å²) >= 11 is 0. The van der Waals surface area contributed by atoms with Gasteiger partial charge in [-0.1, -0.05) is 30.3 Å². The summed E-state index contributed by atoms with van der Waals surface area (Å²) in [6.45, 7) is 7.19. The molecule has 2 aromatic carbocycles. The molecule has 128 valence electrons. The minimum Gasteiger partial charge on any atom is -0.374 e. The SMILES string of the molecule is CCc1noc(C(C)Nc2ccc3c(c2)c2ccccc2n3CC)n1. The molecule has 4 rings (SSSR count). The first-order valence-corrected chi connectivity index (χ1v) is 8.81. The molecule has 4 aromatic rings. The zero-order valence-electron chi connectivity index (χ0n) is 14.8. The summed E-state index contributed by atoms with van der Waals surface area (Å²) < 4.78 is 7.69. The van der Waals surface area contributed by atoms with E-state index in [4.69, 9.17) is 4.52 Å². The zero-order chi connectivity index (χ0) is 17.4. The Labute approximate surface area is 146 Å². The largest absolute Gasteiger partial charge is 0.374 e. The molecular formula is C20H22N4O. The summed E-state index contributed by atoms with van der Waals surface area (Å²) in [7, 11) is 0. The van der Waals surface area contributed by atoms with Crippen LogP contribution in [0.3, 0.4) is 0 Å². The molecule has 0 radical (unpaired) electrons. The minimum absolute atomic E-state index is 0.0372. The third-order valence-electron chi connectivity index (χ3n) is 4.64. The highest BCUT2D eigenvalue weighted by molar-refractivity contribution is 6.09. The molecule has 0 aliphatic carbocycles. The van der Waals surface area contributed by atoms with Gasteiger partial charge in [0.2, 0.25) is 5.89 Å². The van der Waals surface area contributed by atoms with Crippen LogP contribution < -0.4 is 5.32 Å². The molecule has 2 aromatic heterocycles. The van der Waals surface area contributed by atoms with E-state index in [-0.39, 0.29) is 6.04 Å². The fourth-order valence-corrected chi connectivity index (χ4v) is 3.38. The number of nitrogens with one attached hydrogen (secondary N) is 1. The zero-order valence-corrected chi connectivity index (χ0v) is 14.8. The van der Waals surface area contributed by atoms with Crippen LogP contribution in [0.15, 0.2) is 47.0 Å². The highest BCUT2D eigenvalue weighted by Crippen LogP contribution is 2.31. The quantitative estimate of drug-likeness (QED) is 0.562. The summed E-state index contributed by atoms with van der Waals surface area (Å²) in [5.41, 5.74) is 3.58. The molecule has 0 fully saturated rings. The lowest BCUT2D eigenvalue weighted by atomic mass is 10.1. The van der Waals surface area contributed by atoms with E-state index in [1.54, 1.807) is 0 Å². The molecule has 0 bridgehead atoms. The predicted molar refractivity (Wildman–Crippen MR) is 101 cm³/mol. The standard InChI is InChI=1S/C20H22N4O/c1-4-19-22-20(25-23-19)13(3)21-14-10-11-18-16(12-14)15-8-6-7-9-17(15)24(18)5-2/h6-13,21H,4-5H2,1-3H3. The maximum Gasteiger partial charge on any atom is 0.248 e. The van der Waals surface area contributed by atoms with Gasteiger partial charge in [0.25, 0.3) is 0 Å². The van der Waals surface area contributed by atoms with Crippen LogP contribution >= 0.6 is 0 Å². The number of para-hydroxylation sites is 1. The average molecular weight is 334 g/mol. The van der Waals surface area contributed by atoms with Gasteiger partial charge in [-0.15, -0.1) is 0 Å². The molecule has 25 heavy (non-hydrogen) atoms. The van der Waals surface area contributed by atoms with Gasteiger partial charge in [0, 0.05) is 40.5 Å². The van der Waals surface area contributed by atoms with E-state index in [2.05, 4.69) is 69.4 Å². The second-order valence-electron chi connectivity index (χ2n) is 6.26. The maximum absolute atomic E-state index is 5.34. The van der Waals surface area contributed by atoms with E-state index in [0.29, 0.717) is 5.89 Å². The number of aryl methyl sites for hydroxylation is 2. The van der Waals surface area contributed by atoms with Crippen LogP contribution in [-0.2, 0) is 13.0 Å². The number of benzene rings is 2. The molecule has 5 nitrogen and oxygen atoms in total. The highest BCUT2D eigenvalue weighted by atomic mass is 16.5. The Balaban J connectivity index is 1.72. The average Bonchev–Trinajstić information content (AvgIpc) is 3.24. The van der Waals surface area contributed by atoms with Crippen molar-refractivity contribution >= 4 is 27.5 Å². The van der Waals surface area contributed by atoms with Gasteiger partial charge in [0.1, 0.15) is 6.04 Å². The second-order valence-corrected chi connectivity index (χ2v) is 6.26. The van der Waals surface area contributed by atoms with Gasteiger partial charge in [0.05, 0.1) is 0 Å². The van der Waals surface area contributed by atoms with Crippen LogP contribution in [0.5, 0.6) is 0 Å². The lowest BCUT2D eigenvalue weighted by molar-refractivity contribution is 0.363. The van der Waals surface area contributed by atoms with E-state index in [9.17, 15) is 0 Å². The number of fused-ring (bicyclic) bond motifs is 3. The van der Waals surface area contributed by atoms with Gasteiger partial charge < -0.3 is 14.4 Å². The molecule has 0 amide bonds. The van der Waals surface area contributed by atoms with Crippen molar-refractivity contribution in [1.82, 2.24) is 14.7 Å². The molecule has 0 spiro atoms. The Hall–Kier alpha value is -2.82. The molecular weight excluding hydrogens is 312 g/mol. The molecule has 1 atom stereocenters. The highest BCUT2D eigenvalue weighted by Gasteiger charge is 2.15. The molecule has 2 heterocycles. The number of rotatable bonds is 5. The predicted octanol–water partition coefficient (Wildman–Crippen LogP) is 4.93. The van der Waals surface area contributed by atoms with Crippen molar-refractivity contribution in [3.63, 3.8) is 0 Å². The smallest absolute Gasteiger partial charge is 0.248 e. The Morgan fingerprint density at radius 1 is 1.08 bits per heavy atom. The van der Waals surface area contributed by atoms with Crippen LogP contribution in [0, 0.1) is 0 Å². The maximum atomic E-state index is 5.34. The first-order valence-electron chi connectivity index (χ1n) is 8.81. The molecule has 0 aliphatic heterocycles. The molecule has 1 unspecified atom stereocenters. The number of hydrogen-bond acceptors (Lipinski definition) is 4. The van der Waals surface area contributed by atoms with Crippen molar-refractivity contribution in [3.05, 3.63) is 54.2 Å². The number of aromatic nitrogens is 3. The molecule has 0 aliphatic rings. The second kappa shape index (κ2) is 6.24. The number of hydrogen-bond donors (Lipinski definition) is 1. The van der Waals surface area contributed by atoms with Gasteiger partial charge in [-0.3, -0.25) is 0 Å². The summed E-state index contributed by atoms with van der Waals surface area (Å²) in [6, 6.07) is 15.0. The third kappa shape index (κ3) is 2.65. The fourth-order valence-electron chi connectivity index (χ4n) is 3.38.